The van der Waals surface area contributed by atoms with E-state index >= 15 is 0 Å². The van der Waals surface area contributed by atoms with Crippen molar-refractivity contribution in [1.82, 2.24) is 0 Å². The number of anilines is 1. The van der Waals surface area contributed by atoms with Crippen LogP contribution in [0.25, 0.3) is 0 Å². The summed E-state index contributed by atoms with van der Waals surface area (Å²) in [5.74, 6) is -1.53. The summed E-state index contributed by atoms with van der Waals surface area (Å²) >= 11 is 2.28. The fourth-order valence-electron chi connectivity index (χ4n) is 2.31. The number of carboxylic acids is 1. The number of hydrogen-bond acceptors (Lipinski definition) is 2. The molecule has 0 radical (unpaired) electrons. The van der Waals surface area contributed by atoms with Crippen LogP contribution in [-0.4, -0.2) is 17.1 Å². The Morgan fingerprint density at radius 1 is 1.43 bits per heavy atom. The van der Waals surface area contributed by atoms with E-state index in [2.05, 4.69) is 48.7 Å². The minimum atomic E-state index is -1.07. The van der Waals surface area contributed by atoms with Gasteiger partial charge in [0.25, 0.3) is 0 Å². The van der Waals surface area contributed by atoms with Crippen LogP contribution >= 0.6 is 22.6 Å². The van der Waals surface area contributed by atoms with Gasteiger partial charge in [-0.25, -0.2) is 9.18 Å². The van der Waals surface area contributed by atoms with Gasteiger partial charge in [0.05, 0.1) is 17.3 Å². The Morgan fingerprint density at radius 3 is 2.71 bits per heavy atom. The molecule has 2 N–H and O–H groups in total. The van der Waals surface area contributed by atoms with E-state index in [1.807, 2.05) is 12.2 Å². The second-order valence-electron chi connectivity index (χ2n) is 5.67. The van der Waals surface area contributed by atoms with Crippen molar-refractivity contribution in [1.29, 1.82) is 0 Å². The van der Waals surface area contributed by atoms with Crippen molar-refractivity contribution in [3.05, 3.63) is 50.9 Å². The molecular weight excluding hydrogens is 384 g/mol. The second kappa shape index (κ2) is 5.79. The molecule has 112 valence electrons. The number of carboxylic acid groups (broad SMARTS) is 1. The fraction of sp³-hybridized carbons (Fsp3) is 0.312. The van der Waals surface area contributed by atoms with E-state index in [0.29, 0.717) is 5.69 Å². The topological polar surface area (TPSA) is 49.3 Å². The predicted molar refractivity (Wildman–Crippen MR) is 90.4 cm³/mol. The van der Waals surface area contributed by atoms with E-state index in [1.165, 1.54) is 21.3 Å². The Kier molecular flexibility index (Phi) is 4.41. The lowest BCUT2D eigenvalue weighted by atomic mass is 9.75. The molecular formula is C16H17FINO2. The zero-order valence-corrected chi connectivity index (χ0v) is 14.2. The summed E-state index contributed by atoms with van der Waals surface area (Å²) in [7, 11) is 0. The van der Waals surface area contributed by atoms with Crippen molar-refractivity contribution in [3.63, 3.8) is 0 Å². The second-order valence-corrected chi connectivity index (χ2v) is 6.83. The fourth-order valence-corrected chi connectivity index (χ4v) is 3.21. The first-order valence-corrected chi connectivity index (χ1v) is 7.66. The summed E-state index contributed by atoms with van der Waals surface area (Å²) in [6, 6.07) is 3.57. The molecule has 1 aromatic rings. The molecule has 2 rings (SSSR count). The monoisotopic (exact) mass is 401 g/mol. The Bertz CT molecular complexity index is 650. The van der Waals surface area contributed by atoms with E-state index in [4.69, 9.17) is 0 Å². The van der Waals surface area contributed by atoms with Gasteiger partial charge in [-0.05, 0) is 47.7 Å². The first-order valence-electron chi connectivity index (χ1n) is 6.58. The number of aromatic carboxylic acids is 1. The van der Waals surface area contributed by atoms with Gasteiger partial charge >= 0.3 is 5.97 Å². The number of allylic oxidation sites excluding steroid dienone is 2. The molecule has 5 heteroatoms. The van der Waals surface area contributed by atoms with Crippen molar-refractivity contribution in [2.45, 2.75) is 26.8 Å². The minimum Gasteiger partial charge on any atom is -0.478 e. The maximum atomic E-state index is 13.4. The average Bonchev–Trinajstić information content (AvgIpc) is 2.40. The molecule has 0 heterocycles. The maximum absolute atomic E-state index is 13.4. The molecule has 21 heavy (non-hydrogen) atoms. The zero-order valence-electron chi connectivity index (χ0n) is 12.1. The van der Waals surface area contributed by atoms with Crippen molar-refractivity contribution in [3.8, 4) is 0 Å². The van der Waals surface area contributed by atoms with E-state index in [0.717, 1.165) is 6.07 Å². The highest BCUT2D eigenvalue weighted by atomic mass is 127. The summed E-state index contributed by atoms with van der Waals surface area (Å²) in [5, 5.41) is 12.4. The Hall–Kier alpha value is -1.37. The summed E-state index contributed by atoms with van der Waals surface area (Å²) in [6.07, 6.45) is 3.99. The van der Waals surface area contributed by atoms with Crippen LogP contribution in [0.2, 0.25) is 0 Å². The van der Waals surface area contributed by atoms with Gasteiger partial charge in [-0.15, -0.1) is 0 Å². The number of benzene rings is 1. The lowest BCUT2D eigenvalue weighted by Gasteiger charge is -2.38. The van der Waals surface area contributed by atoms with Crippen LogP contribution < -0.4 is 5.32 Å². The lowest BCUT2D eigenvalue weighted by Crippen LogP contribution is -2.38. The average molecular weight is 401 g/mol. The molecule has 0 aromatic heterocycles. The normalized spacial score (nSPS) is 20.5. The molecule has 1 aliphatic rings. The van der Waals surface area contributed by atoms with Gasteiger partial charge in [0, 0.05) is 8.99 Å². The Balaban J connectivity index is 2.38. The van der Waals surface area contributed by atoms with E-state index in [-0.39, 0.29) is 17.0 Å². The third-order valence-corrected chi connectivity index (χ3v) is 5.23. The highest BCUT2D eigenvalue weighted by Gasteiger charge is 2.33. The molecule has 0 fully saturated rings. The van der Waals surface area contributed by atoms with Crippen LogP contribution in [0.15, 0.2) is 39.5 Å². The molecule has 3 nitrogen and oxygen atoms in total. The smallest absolute Gasteiger partial charge is 0.337 e. The SMILES string of the molecule is CC1=C(I)C=CC(Nc2cc(F)ccc2C(=O)O)C1(C)C. The van der Waals surface area contributed by atoms with Gasteiger partial charge in [0.15, 0.2) is 0 Å². The molecule has 1 aromatic carbocycles. The van der Waals surface area contributed by atoms with Gasteiger partial charge in [-0.1, -0.05) is 31.6 Å². The van der Waals surface area contributed by atoms with Crippen LogP contribution in [0.3, 0.4) is 0 Å². The number of nitrogens with one attached hydrogen (secondary N) is 1. The van der Waals surface area contributed by atoms with Gasteiger partial charge < -0.3 is 10.4 Å². The van der Waals surface area contributed by atoms with Crippen LogP contribution in [0, 0.1) is 11.2 Å². The molecule has 0 aliphatic heterocycles. The number of halogens is 2. The molecule has 1 atom stereocenters. The quantitative estimate of drug-likeness (QED) is 0.728. The molecule has 0 saturated carbocycles. The Morgan fingerprint density at radius 2 is 2.10 bits per heavy atom. The van der Waals surface area contributed by atoms with Crippen molar-refractivity contribution < 1.29 is 14.3 Å². The largest absolute Gasteiger partial charge is 0.478 e. The summed E-state index contributed by atoms with van der Waals surface area (Å²) < 4.78 is 14.6. The van der Waals surface area contributed by atoms with Crippen molar-refractivity contribution in [2.24, 2.45) is 5.41 Å². The molecule has 0 saturated heterocycles. The minimum absolute atomic E-state index is 0.0718. The third-order valence-electron chi connectivity index (χ3n) is 4.06. The first-order chi connectivity index (χ1) is 9.73. The third kappa shape index (κ3) is 3.12. The van der Waals surface area contributed by atoms with Crippen LogP contribution in [0.5, 0.6) is 0 Å². The van der Waals surface area contributed by atoms with Crippen LogP contribution in [-0.2, 0) is 0 Å². The van der Waals surface area contributed by atoms with E-state index < -0.39 is 11.8 Å². The number of hydrogen-bond donors (Lipinski definition) is 2. The molecule has 1 aliphatic carbocycles. The standard InChI is InChI=1S/C16H17FINO2/c1-9-12(18)6-7-14(16(9,2)3)19-13-8-10(17)4-5-11(13)15(20)21/h4-8,14,19H,1-3H3,(H,20,21). The summed E-state index contributed by atoms with van der Waals surface area (Å²) in [6.45, 7) is 6.23. The van der Waals surface area contributed by atoms with Gasteiger partial charge in [0.1, 0.15) is 5.82 Å². The predicted octanol–water partition coefficient (Wildman–Crippen LogP) is 4.61. The lowest BCUT2D eigenvalue weighted by molar-refractivity contribution is 0.0698. The first kappa shape index (κ1) is 16.0. The highest BCUT2D eigenvalue weighted by Crippen LogP contribution is 2.40. The van der Waals surface area contributed by atoms with E-state index in [9.17, 15) is 14.3 Å². The Labute approximate surface area is 137 Å². The van der Waals surface area contributed by atoms with Gasteiger partial charge in [-0.3, -0.25) is 0 Å². The number of carbonyl (C=O) groups is 1. The molecule has 1 unspecified atom stereocenters. The van der Waals surface area contributed by atoms with Crippen molar-refractivity contribution in [2.75, 3.05) is 5.32 Å². The highest BCUT2D eigenvalue weighted by molar-refractivity contribution is 14.1. The van der Waals surface area contributed by atoms with E-state index in [1.54, 1.807) is 0 Å². The zero-order chi connectivity index (χ0) is 15.8. The molecule has 0 amide bonds. The summed E-state index contributed by atoms with van der Waals surface area (Å²) in [5.41, 5.74) is 1.40. The number of rotatable bonds is 3. The van der Waals surface area contributed by atoms with Crippen LogP contribution in [0.1, 0.15) is 31.1 Å². The maximum Gasteiger partial charge on any atom is 0.337 e. The van der Waals surface area contributed by atoms with Crippen molar-refractivity contribution >= 4 is 34.2 Å². The summed E-state index contributed by atoms with van der Waals surface area (Å²) in [4.78, 5) is 11.3. The van der Waals surface area contributed by atoms with Gasteiger partial charge in [0.2, 0.25) is 0 Å². The molecule has 0 bridgehead atoms. The van der Waals surface area contributed by atoms with Gasteiger partial charge in [-0.2, -0.15) is 0 Å². The molecule has 0 spiro atoms. The van der Waals surface area contributed by atoms with Crippen LogP contribution in [0.4, 0.5) is 10.1 Å².